The zero-order valence-corrected chi connectivity index (χ0v) is 14.4. The second-order valence-corrected chi connectivity index (χ2v) is 6.19. The molecule has 130 valence electrons. The highest BCUT2D eigenvalue weighted by Gasteiger charge is 2.32. The van der Waals surface area contributed by atoms with Crippen LogP contribution in [0.4, 0.5) is 5.69 Å². The van der Waals surface area contributed by atoms with Gasteiger partial charge in [0.25, 0.3) is 17.7 Å². The summed E-state index contributed by atoms with van der Waals surface area (Å²) >= 11 is 0. The highest BCUT2D eigenvalue weighted by Crippen LogP contribution is 2.25. The predicted octanol–water partition coefficient (Wildman–Crippen LogP) is 1.75. The van der Waals surface area contributed by atoms with Crippen LogP contribution in [0.2, 0.25) is 0 Å². The summed E-state index contributed by atoms with van der Waals surface area (Å²) in [5, 5.41) is 7.83. The van der Waals surface area contributed by atoms with E-state index in [2.05, 4.69) is 15.4 Å². The van der Waals surface area contributed by atoms with Crippen LogP contribution in [0.15, 0.2) is 30.5 Å². The molecule has 1 aromatic carbocycles. The van der Waals surface area contributed by atoms with Gasteiger partial charge in [-0.15, -0.1) is 0 Å². The minimum Gasteiger partial charge on any atom is -0.322 e. The summed E-state index contributed by atoms with van der Waals surface area (Å²) in [6.07, 6.45) is 1.48. The van der Waals surface area contributed by atoms with Gasteiger partial charge in [0.05, 0.1) is 22.4 Å². The van der Waals surface area contributed by atoms with Crippen molar-refractivity contribution in [2.75, 3.05) is 12.4 Å². The van der Waals surface area contributed by atoms with Crippen molar-refractivity contribution in [2.24, 2.45) is 7.05 Å². The van der Waals surface area contributed by atoms with Gasteiger partial charge in [-0.05, 0) is 31.2 Å². The lowest BCUT2D eigenvalue weighted by Crippen LogP contribution is -2.24. The number of carbonyl (C=O) groups is 3. The molecule has 0 atom stereocenters. The molecule has 3 aromatic rings. The molecule has 0 saturated heterocycles. The molecular weight excluding hydrogens is 334 g/mol. The quantitative estimate of drug-likeness (QED) is 0.711. The van der Waals surface area contributed by atoms with Gasteiger partial charge in [-0.25, -0.2) is 4.98 Å². The third kappa shape index (κ3) is 2.26. The summed E-state index contributed by atoms with van der Waals surface area (Å²) in [5.74, 6) is -1.08. The number of hydrogen-bond donors (Lipinski definition) is 1. The maximum Gasteiger partial charge on any atom is 0.261 e. The lowest BCUT2D eigenvalue weighted by atomic mass is 10.1. The van der Waals surface area contributed by atoms with Crippen LogP contribution >= 0.6 is 0 Å². The van der Waals surface area contributed by atoms with E-state index in [0.29, 0.717) is 22.5 Å². The first-order valence-corrected chi connectivity index (χ1v) is 7.94. The molecule has 1 aliphatic heterocycles. The van der Waals surface area contributed by atoms with Crippen LogP contribution in [0.5, 0.6) is 0 Å². The van der Waals surface area contributed by atoms with E-state index in [1.54, 1.807) is 29.9 Å². The highest BCUT2D eigenvalue weighted by atomic mass is 16.2. The zero-order valence-electron chi connectivity index (χ0n) is 14.4. The third-order valence-electron chi connectivity index (χ3n) is 4.47. The molecule has 26 heavy (non-hydrogen) atoms. The number of hydrogen-bond acceptors (Lipinski definition) is 5. The molecule has 2 aromatic heterocycles. The molecule has 0 fully saturated rings. The fourth-order valence-corrected chi connectivity index (χ4v) is 3.07. The number of carbonyl (C=O) groups excluding carboxylic acids is 3. The van der Waals surface area contributed by atoms with Crippen LogP contribution in [0.3, 0.4) is 0 Å². The zero-order chi connectivity index (χ0) is 18.6. The van der Waals surface area contributed by atoms with Crippen molar-refractivity contribution in [1.82, 2.24) is 19.7 Å². The van der Waals surface area contributed by atoms with E-state index in [1.165, 1.54) is 19.3 Å². The minimum atomic E-state index is -0.379. The molecule has 0 radical (unpaired) electrons. The fourth-order valence-electron chi connectivity index (χ4n) is 3.07. The van der Waals surface area contributed by atoms with Crippen LogP contribution in [0, 0.1) is 6.92 Å². The molecule has 8 heteroatoms. The van der Waals surface area contributed by atoms with Crippen molar-refractivity contribution in [3.05, 3.63) is 52.8 Å². The van der Waals surface area contributed by atoms with E-state index in [1.807, 2.05) is 6.92 Å². The first-order valence-electron chi connectivity index (χ1n) is 7.94. The molecule has 1 aliphatic rings. The maximum atomic E-state index is 12.5. The predicted molar refractivity (Wildman–Crippen MR) is 94.1 cm³/mol. The van der Waals surface area contributed by atoms with Crippen molar-refractivity contribution >= 4 is 34.4 Å². The van der Waals surface area contributed by atoms with Crippen molar-refractivity contribution < 1.29 is 14.4 Å². The molecule has 0 unspecified atom stereocenters. The summed E-state index contributed by atoms with van der Waals surface area (Å²) in [4.78, 5) is 41.9. The van der Waals surface area contributed by atoms with Gasteiger partial charge in [0.15, 0.2) is 5.65 Å². The van der Waals surface area contributed by atoms with Gasteiger partial charge in [0.1, 0.15) is 0 Å². The van der Waals surface area contributed by atoms with Crippen LogP contribution in [-0.2, 0) is 7.05 Å². The number of aryl methyl sites for hydroxylation is 2. The Kier molecular flexibility index (Phi) is 3.36. The number of pyridine rings is 1. The Bertz CT molecular complexity index is 1120. The number of rotatable bonds is 2. The number of aromatic nitrogens is 3. The molecule has 0 spiro atoms. The third-order valence-corrected chi connectivity index (χ3v) is 4.47. The number of nitrogens with zero attached hydrogens (tertiary/aromatic N) is 4. The Balaban J connectivity index is 1.64. The summed E-state index contributed by atoms with van der Waals surface area (Å²) in [7, 11) is 3.22. The fraction of sp³-hybridized carbons (Fsp3) is 0.167. The molecule has 3 heterocycles. The minimum absolute atomic E-state index is 0.284. The molecule has 0 aliphatic carbocycles. The SMILES string of the molecule is Cc1nn(C)c2ncc(C(=O)Nc3ccc4c(c3)C(=O)N(C)C4=O)cc12. The van der Waals surface area contributed by atoms with E-state index in [0.717, 1.165) is 16.0 Å². The van der Waals surface area contributed by atoms with Gasteiger partial charge >= 0.3 is 0 Å². The Labute approximate surface area is 148 Å². The van der Waals surface area contributed by atoms with Gasteiger partial charge in [-0.1, -0.05) is 0 Å². The first-order chi connectivity index (χ1) is 12.4. The van der Waals surface area contributed by atoms with Gasteiger partial charge in [0, 0.05) is 31.4 Å². The molecule has 4 rings (SSSR count). The number of imide groups is 1. The number of amides is 3. The van der Waals surface area contributed by atoms with E-state index in [-0.39, 0.29) is 23.3 Å². The topological polar surface area (TPSA) is 97.2 Å². The van der Waals surface area contributed by atoms with Crippen LogP contribution < -0.4 is 5.32 Å². The molecule has 0 bridgehead atoms. The van der Waals surface area contributed by atoms with Crippen molar-refractivity contribution in [3.63, 3.8) is 0 Å². The smallest absolute Gasteiger partial charge is 0.261 e. The van der Waals surface area contributed by atoms with E-state index in [4.69, 9.17) is 0 Å². The highest BCUT2D eigenvalue weighted by molar-refractivity contribution is 6.21. The van der Waals surface area contributed by atoms with E-state index < -0.39 is 0 Å². The second-order valence-electron chi connectivity index (χ2n) is 6.19. The largest absolute Gasteiger partial charge is 0.322 e. The molecule has 0 saturated carbocycles. The summed E-state index contributed by atoms with van der Waals surface area (Å²) < 4.78 is 1.66. The van der Waals surface area contributed by atoms with E-state index in [9.17, 15) is 14.4 Å². The lowest BCUT2D eigenvalue weighted by molar-refractivity contribution is 0.0692. The molecule has 3 amide bonds. The monoisotopic (exact) mass is 349 g/mol. The van der Waals surface area contributed by atoms with Crippen LogP contribution in [0.1, 0.15) is 36.8 Å². The van der Waals surface area contributed by atoms with E-state index >= 15 is 0 Å². The average Bonchev–Trinajstić information content (AvgIpc) is 3.03. The number of fused-ring (bicyclic) bond motifs is 2. The summed E-state index contributed by atoms with van der Waals surface area (Å²) in [6, 6.07) is 6.39. The van der Waals surface area contributed by atoms with Gasteiger partial charge in [0.2, 0.25) is 0 Å². The van der Waals surface area contributed by atoms with Crippen molar-refractivity contribution in [3.8, 4) is 0 Å². The maximum absolute atomic E-state index is 12.5. The average molecular weight is 349 g/mol. The second kappa shape index (κ2) is 5.48. The molecule has 1 N–H and O–H groups in total. The normalized spacial score (nSPS) is 13.4. The Hall–Kier alpha value is -3.55. The number of nitrogens with one attached hydrogen (secondary N) is 1. The first kappa shape index (κ1) is 15.9. The van der Waals surface area contributed by atoms with Gasteiger partial charge in [-0.2, -0.15) is 5.10 Å². The Morgan fingerprint density at radius 2 is 1.81 bits per heavy atom. The van der Waals surface area contributed by atoms with Gasteiger partial charge < -0.3 is 5.32 Å². The number of anilines is 1. The Morgan fingerprint density at radius 3 is 2.58 bits per heavy atom. The number of benzene rings is 1. The Morgan fingerprint density at radius 1 is 1.08 bits per heavy atom. The molecule has 8 nitrogen and oxygen atoms in total. The van der Waals surface area contributed by atoms with Gasteiger partial charge in [-0.3, -0.25) is 24.0 Å². The standard InChI is InChI=1S/C18H15N5O3/c1-9-13-6-10(8-19-15(13)23(3)21-9)16(24)20-11-4-5-12-14(7-11)18(26)22(2)17(12)25/h4-8H,1-3H3,(H,20,24). The van der Waals surface area contributed by atoms with Crippen molar-refractivity contribution in [1.29, 1.82) is 0 Å². The van der Waals surface area contributed by atoms with Crippen LogP contribution in [-0.4, -0.2) is 44.4 Å². The van der Waals surface area contributed by atoms with Crippen LogP contribution in [0.25, 0.3) is 11.0 Å². The molecular formula is C18H15N5O3. The van der Waals surface area contributed by atoms with Crippen molar-refractivity contribution in [2.45, 2.75) is 6.92 Å². The summed E-state index contributed by atoms with van der Waals surface area (Å²) in [5.41, 5.74) is 2.93. The lowest BCUT2D eigenvalue weighted by Gasteiger charge is -2.06. The summed E-state index contributed by atoms with van der Waals surface area (Å²) in [6.45, 7) is 1.85.